The summed E-state index contributed by atoms with van der Waals surface area (Å²) in [5.74, 6) is 5.22. The van der Waals surface area contributed by atoms with Gasteiger partial charge in [0.05, 0.1) is 25.5 Å². The average molecular weight is 291 g/mol. The molecule has 0 radical (unpaired) electrons. The zero-order valence-electron chi connectivity index (χ0n) is 11.6. The minimum Gasteiger partial charge on any atom is -0.494 e. The number of ether oxygens (including phenoxy) is 1. The Kier molecular flexibility index (Phi) is 4.85. The van der Waals surface area contributed by atoms with Gasteiger partial charge in [-0.25, -0.2) is 10.5 Å². The predicted molar refractivity (Wildman–Crippen MR) is 74.2 cm³/mol. The summed E-state index contributed by atoms with van der Waals surface area (Å²) in [4.78, 5) is 11.3. The van der Waals surface area contributed by atoms with E-state index in [0.29, 0.717) is 6.61 Å². The number of amides is 1. The molecule has 1 aromatic carbocycles. The summed E-state index contributed by atoms with van der Waals surface area (Å²) in [7, 11) is 0. The van der Waals surface area contributed by atoms with E-state index in [2.05, 4.69) is 10.3 Å². The fourth-order valence-electron chi connectivity index (χ4n) is 1.80. The number of aliphatic hydroxyl groups excluding tert-OH is 1. The topological polar surface area (TPSA) is 115 Å². The van der Waals surface area contributed by atoms with Crippen LogP contribution in [0.5, 0.6) is 5.75 Å². The highest BCUT2D eigenvalue weighted by Gasteiger charge is 2.13. The SMILES string of the molecule is CCOc1ccc([C@@H](O)Cn2cc(C(=O)NN)nn2)cc1. The van der Waals surface area contributed by atoms with Crippen molar-refractivity contribution in [3.05, 3.63) is 41.7 Å². The summed E-state index contributed by atoms with van der Waals surface area (Å²) >= 11 is 0. The molecule has 1 atom stereocenters. The summed E-state index contributed by atoms with van der Waals surface area (Å²) in [5.41, 5.74) is 2.78. The standard InChI is InChI=1S/C13H17N5O3/c1-2-21-10-5-3-9(4-6-10)12(19)8-18-7-11(16-17-18)13(20)15-14/h3-7,12,19H,2,8,14H2,1H3,(H,15,20)/t12-/m0/s1. The molecule has 0 spiro atoms. The predicted octanol–water partition coefficient (Wildman–Crippen LogP) is 0.0139. The van der Waals surface area contributed by atoms with Gasteiger partial charge in [-0.2, -0.15) is 0 Å². The zero-order chi connectivity index (χ0) is 15.2. The molecular formula is C13H17N5O3. The van der Waals surface area contributed by atoms with Gasteiger partial charge in [0, 0.05) is 0 Å². The number of nitrogen functional groups attached to an aromatic ring is 1. The van der Waals surface area contributed by atoms with E-state index in [1.165, 1.54) is 10.9 Å². The Labute approximate surface area is 121 Å². The molecular weight excluding hydrogens is 274 g/mol. The number of carbonyl (C=O) groups excluding carboxylic acids is 1. The first-order chi connectivity index (χ1) is 10.1. The summed E-state index contributed by atoms with van der Waals surface area (Å²) in [6.45, 7) is 2.67. The summed E-state index contributed by atoms with van der Waals surface area (Å²) in [6.07, 6.45) is 0.649. The number of nitrogens with zero attached hydrogens (tertiary/aromatic N) is 3. The quantitative estimate of drug-likeness (QED) is 0.392. The molecule has 112 valence electrons. The van der Waals surface area contributed by atoms with Gasteiger partial charge in [-0.15, -0.1) is 5.10 Å². The lowest BCUT2D eigenvalue weighted by Gasteiger charge is -2.11. The maximum Gasteiger partial charge on any atom is 0.287 e. The lowest BCUT2D eigenvalue weighted by atomic mass is 10.1. The highest BCUT2D eigenvalue weighted by Crippen LogP contribution is 2.19. The third kappa shape index (κ3) is 3.77. The van der Waals surface area contributed by atoms with Gasteiger partial charge in [-0.1, -0.05) is 17.3 Å². The first-order valence-corrected chi connectivity index (χ1v) is 6.46. The maximum absolute atomic E-state index is 11.3. The van der Waals surface area contributed by atoms with Crippen LogP contribution < -0.4 is 16.0 Å². The molecule has 1 aromatic heterocycles. The fraction of sp³-hybridized carbons (Fsp3) is 0.308. The Bertz CT molecular complexity index is 596. The van der Waals surface area contributed by atoms with Crippen molar-refractivity contribution >= 4 is 5.91 Å². The first kappa shape index (κ1) is 14.9. The average Bonchev–Trinajstić information content (AvgIpc) is 2.96. The van der Waals surface area contributed by atoms with E-state index >= 15 is 0 Å². The van der Waals surface area contributed by atoms with Crippen LogP contribution in [0.25, 0.3) is 0 Å². The van der Waals surface area contributed by atoms with Crippen LogP contribution in [0.3, 0.4) is 0 Å². The fourth-order valence-corrected chi connectivity index (χ4v) is 1.80. The highest BCUT2D eigenvalue weighted by molar-refractivity contribution is 5.91. The summed E-state index contributed by atoms with van der Waals surface area (Å²) in [5, 5.41) is 17.6. The van der Waals surface area contributed by atoms with Crippen molar-refractivity contribution in [2.45, 2.75) is 19.6 Å². The number of nitrogens with two attached hydrogens (primary N) is 1. The number of aliphatic hydroxyl groups is 1. The molecule has 0 saturated heterocycles. The molecule has 1 amide bonds. The van der Waals surface area contributed by atoms with Crippen molar-refractivity contribution in [2.75, 3.05) is 6.61 Å². The molecule has 4 N–H and O–H groups in total. The largest absolute Gasteiger partial charge is 0.494 e. The number of hydrogen-bond acceptors (Lipinski definition) is 6. The lowest BCUT2D eigenvalue weighted by molar-refractivity contribution is 0.0948. The van der Waals surface area contributed by atoms with Gasteiger partial charge in [0.2, 0.25) is 0 Å². The van der Waals surface area contributed by atoms with Gasteiger partial charge >= 0.3 is 0 Å². The molecule has 1 heterocycles. The Hall–Kier alpha value is -2.45. The molecule has 0 aliphatic carbocycles. The van der Waals surface area contributed by atoms with Gasteiger partial charge in [0.25, 0.3) is 5.91 Å². The molecule has 2 aromatic rings. The number of benzene rings is 1. The molecule has 8 nitrogen and oxygen atoms in total. The van der Waals surface area contributed by atoms with Crippen LogP contribution in [0, 0.1) is 0 Å². The van der Waals surface area contributed by atoms with E-state index in [9.17, 15) is 9.90 Å². The Balaban J connectivity index is 2.01. The number of aromatic nitrogens is 3. The van der Waals surface area contributed by atoms with Crippen LogP contribution in [0.2, 0.25) is 0 Å². The second-order valence-electron chi connectivity index (χ2n) is 4.32. The van der Waals surface area contributed by atoms with Gasteiger partial charge in [0.1, 0.15) is 5.75 Å². The van der Waals surface area contributed by atoms with E-state index in [0.717, 1.165) is 11.3 Å². The smallest absolute Gasteiger partial charge is 0.287 e. The second kappa shape index (κ2) is 6.82. The number of nitrogens with one attached hydrogen (secondary N) is 1. The molecule has 21 heavy (non-hydrogen) atoms. The van der Waals surface area contributed by atoms with Crippen molar-refractivity contribution in [1.29, 1.82) is 0 Å². The van der Waals surface area contributed by atoms with E-state index in [4.69, 9.17) is 10.6 Å². The van der Waals surface area contributed by atoms with Gasteiger partial charge in [-0.3, -0.25) is 10.2 Å². The third-order valence-electron chi connectivity index (χ3n) is 2.84. The molecule has 8 heteroatoms. The van der Waals surface area contributed by atoms with Gasteiger partial charge in [-0.05, 0) is 24.6 Å². The van der Waals surface area contributed by atoms with E-state index in [1.807, 2.05) is 12.3 Å². The van der Waals surface area contributed by atoms with Crippen LogP contribution in [0.4, 0.5) is 0 Å². The zero-order valence-corrected chi connectivity index (χ0v) is 11.6. The van der Waals surface area contributed by atoms with Crippen molar-refractivity contribution in [1.82, 2.24) is 20.4 Å². The highest BCUT2D eigenvalue weighted by atomic mass is 16.5. The Morgan fingerprint density at radius 2 is 2.19 bits per heavy atom. The minimum atomic E-state index is -0.767. The van der Waals surface area contributed by atoms with Crippen molar-refractivity contribution in [2.24, 2.45) is 5.84 Å². The Morgan fingerprint density at radius 3 is 2.81 bits per heavy atom. The van der Waals surface area contributed by atoms with Gasteiger partial charge < -0.3 is 9.84 Å². The molecule has 0 aliphatic rings. The van der Waals surface area contributed by atoms with Crippen LogP contribution in [-0.2, 0) is 6.54 Å². The molecule has 2 rings (SSSR count). The van der Waals surface area contributed by atoms with E-state index in [-0.39, 0.29) is 12.2 Å². The first-order valence-electron chi connectivity index (χ1n) is 6.46. The minimum absolute atomic E-state index is 0.0939. The van der Waals surface area contributed by atoms with Gasteiger partial charge in [0.15, 0.2) is 5.69 Å². The van der Waals surface area contributed by atoms with E-state index < -0.39 is 12.0 Å². The number of carbonyl (C=O) groups is 1. The van der Waals surface area contributed by atoms with Crippen LogP contribution in [0.15, 0.2) is 30.5 Å². The normalized spacial score (nSPS) is 12.0. The van der Waals surface area contributed by atoms with Crippen molar-refractivity contribution in [3.63, 3.8) is 0 Å². The summed E-state index contributed by atoms with van der Waals surface area (Å²) in [6, 6.07) is 7.13. The number of hydrogen-bond donors (Lipinski definition) is 3. The number of rotatable bonds is 6. The van der Waals surface area contributed by atoms with E-state index in [1.54, 1.807) is 24.3 Å². The molecule has 0 fully saturated rings. The van der Waals surface area contributed by atoms with Crippen molar-refractivity contribution in [3.8, 4) is 5.75 Å². The molecule has 0 bridgehead atoms. The maximum atomic E-state index is 11.3. The molecule has 0 aliphatic heterocycles. The second-order valence-corrected chi connectivity index (χ2v) is 4.32. The molecule has 0 unspecified atom stereocenters. The third-order valence-corrected chi connectivity index (χ3v) is 2.84. The molecule has 0 saturated carbocycles. The monoisotopic (exact) mass is 291 g/mol. The van der Waals surface area contributed by atoms with Crippen LogP contribution >= 0.6 is 0 Å². The Morgan fingerprint density at radius 1 is 1.48 bits per heavy atom. The van der Waals surface area contributed by atoms with Crippen LogP contribution in [0.1, 0.15) is 29.1 Å². The number of hydrazine groups is 1. The summed E-state index contributed by atoms with van der Waals surface area (Å²) < 4.78 is 6.72. The van der Waals surface area contributed by atoms with Crippen LogP contribution in [-0.4, -0.2) is 32.6 Å². The lowest BCUT2D eigenvalue weighted by Crippen LogP contribution is -2.30. The van der Waals surface area contributed by atoms with Crippen molar-refractivity contribution < 1.29 is 14.6 Å².